The molecule has 3 N–H and O–H groups in total. The average molecular weight is 298 g/mol. The number of nitrogens with zero attached hydrogens (tertiary/aromatic N) is 1. The van der Waals surface area contributed by atoms with Crippen LogP contribution in [0.25, 0.3) is 0 Å². The van der Waals surface area contributed by atoms with Gasteiger partial charge in [0, 0.05) is 17.6 Å². The first kappa shape index (κ1) is 14.7. The number of benzene rings is 1. The van der Waals surface area contributed by atoms with Crippen molar-refractivity contribution in [3.05, 3.63) is 33.3 Å². The minimum absolute atomic E-state index is 0.118. The number of nitro groups is 1. The Kier molecular flexibility index (Phi) is 4.25. The number of hydrogen-bond donors (Lipinski definition) is 2. The maximum atomic E-state index is 12.4. The summed E-state index contributed by atoms with van der Waals surface area (Å²) in [7, 11) is 0. The standard InChI is InChI=1S/C13H16ClN3O3/c14-9-3-4-11(17(19)20)10(7-9)16-12(18)13(8-15)5-1-2-6-13/h3-4,7H,1-2,5-6,8,15H2,(H,16,18). The molecule has 1 amide bonds. The van der Waals surface area contributed by atoms with Crippen LogP contribution in [-0.2, 0) is 4.79 Å². The van der Waals surface area contributed by atoms with Gasteiger partial charge in [-0.1, -0.05) is 24.4 Å². The van der Waals surface area contributed by atoms with Crippen molar-refractivity contribution in [1.82, 2.24) is 0 Å². The summed E-state index contributed by atoms with van der Waals surface area (Å²) in [4.78, 5) is 22.8. The van der Waals surface area contributed by atoms with Gasteiger partial charge in [0.05, 0.1) is 10.3 Å². The monoisotopic (exact) mass is 297 g/mol. The van der Waals surface area contributed by atoms with Gasteiger partial charge >= 0.3 is 0 Å². The topological polar surface area (TPSA) is 98.3 Å². The predicted molar refractivity (Wildman–Crippen MR) is 76.7 cm³/mol. The highest BCUT2D eigenvalue weighted by molar-refractivity contribution is 6.31. The van der Waals surface area contributed by atoms with Gasteiger partial charge in [-0.15, -0.1) is 0 Å². The Morgan fingerprint density at radius 2 is 2.10 bits per heavy atom. The number of anilines is 1. The number of rotatable bonds is 4. The van der Waals surface area contributed by atoms with Crippen LogP contribution in [0, 0.1) is 15.5 Å². The highest BCUT2D eigenvalue weighted by Gasteiger charge is 2.40. The third kappa shape index (κ3) is 2.76. The number of nitro benzene ring substituents is 1. The van der Waals surface area contributed by atoms with Gasteiger partial charge in [-0.3, -0.25) is 14.9 Å². The van der Waals surface area contributed by atoms with Gasteiger partial charge in [-0.25, -0.2) is 0 Å². The third-order valence-electron chi connectivity index (χ3n) is 3.84. The SMILES string of the molecule is NCC1(C(=O)Nc2cc(Cl)ccc2[N+](=O)[O-])CCCC1. The van der Waals surface area contributed by atoms with Gasteiger partial charge in [-0.05, 0) is 25.0 Å². The fraction of sp³-hybridized carbons (Fsp3) is 0.462. The minimum atomic E-state index is -0.615. The fourth-order valence-electron chi connectivity index (χ4n) is 2.60. The molecule has 0 spiro atoms. The second kappa shape index (κ2) is 5.76. The Morgan fingerprint density at radius 1 is 1.45 bits per heavy atom. The molecule has 1 saturated carbocycles. The Labute approximate surface area is 121 Å². The molecule has 1 aliphatic carbocycles. The van der Waals surface area contributed by atoms with Crippen LogP contribution in [0.4, 0.5) is 11.4 Å². The normalized spacial score (nSPS) is 16.9. The molecule has 0 saturated heterocycles. The van der Waals surface area contributed by atoms with Crippen LogP contribution in [0.3, 0.4) is 0 Å². The van der Waals surface area contributed by atoms with Crippen LogP contribution < -0.4 is 11.1 Å². The van der Waals surface area contributed by atoms with Crippen molar-refractivity contribution in [3.63, 3.8) is 0 Å². The number of hydrogen-bond acceptors (Lipinski definition) is 4. The molecular formula is C13H16ClN3O3. The highest BCUT2D eigenvalue weighted by Crippen LogP contribution is 2.39. The molecule has 6 nitrogen and oxygen atoms in total. The first-order chi connectivity index (χ1) is 9.48. The highest BCUT2D eigenvalue weighted by atomic mass is 35.5. The molecule has 108 valence electrons. The van der Waals surface area contributed by atoms with E-state index in [9.17, 15) is 14.9 Å². The summed E-state index contributed by atoms with van der Waals surface area (Å²) >= 11 is 5.83. The van der Waals surface area contributed by atoms with E-state index in [0.717, 1.165) is 12.8 Å². The van der Waals surface area contributed by atoms with Gasteiger partial charge in [0.2, 0.25) is 5.91 Å². The van der Waals surface area contributed by atoms with E-state index in [1.807, 2.05) is 0 Å². The zero-order chi connectivity index (χ0) is 14.8. The smallest absolute Gasteiger partial charge is 0.292 e. The maximum Gasteiger partial charge on any atom is 0.292 e. The lowest BCUT2D eigenvalue weighted by atomic mass is 9.85. The van der Waals surface area contributed by atoms with Crippen LogP contribution in [0.5, 0.6) is 0 Å². The van der Waals surface area contributed by atoms with E-state index in [1.54, 1.807) is 0 Å². The fourth-order valence-corrected chi connectivity index (χ4v) is 2.77. The first-order valence-corrected chi connectivity index (χ1v) is 6.82. The minimum Gasteiger partial charge on any atom is -0.329 e. The molecule has 1 fully saturated rings. The second-order valence-electron chi connectivity index (χ2n) is 5.06. The molecule has 1 aliphatic rings. The van der Waals surface area contributed by atoms with E-state index in [2.05, 4.69) is 5.32 Å². The van der Waals surface area contributed by atoms with Crippen molar-refractivity contribution in [2.45, 2.75) is 25.7 Å². The van der Waals surface area contributed by atoms with Crippen molar-refractivity contribution in [3.8, 4) is 0 Å². The Balaban J connectivity index is 2.27. The molecule has 2 rings (SSSR count). The van der Waals surface area contributed by atoms with Gasteiger partial charge in [-0.2, -0.15) is 0 Å². The summed E-state index contributed by atoms with van der Waals surface area (Å²) in [5, 5.41) is 13.9. The van der Waals surface area contributed by atoms with Gasteiger partial charge < -0.3 is 11.1 Å². The van der Waals surface area contributed by atoms with E-state index >= 15 is 0 Å². The summed E-state index contributed by atoms with van der Waals surface area (Å²) in [6.45, 7) is 0.243. The summed E-state index contributed by atoms with van der Waals surface area (Å²) in [5.41, 5.74) is 5.06. The van der Waals surface area contributed by atoms with Crippen LogP contribution in [0.15, 0.2) is 18.2 Å². The van der Waals surface area contributed by atoms with E-state index in [1.165, 1.54) is 18.2 Å². The summed E-state index contributed by atoms with van der Waals surface area (Å²) in [6.07, 6.45) is 3.32. The van der Waals surface area contributed by atoms with Gasteiger partial charge in [0.1, 0.15) is 5.69 Å². The van der Waals surface area contributed by atoms with Gasteiger partial charge in [0.25, 0.3) is 5.69 Å². The lowest BCUT2D eigenvalue weighted by Gasteiger charge is -2.25. The molecule has 0 bridgehead atoms. The molecule has 0 atom stereocenters. The zero-order valence-electron chi connectivity index (χ0n) is 10.9. The largest absolute Gasteiger partial charge is 0.329 e. The van der Waals surface area contributed by atoms with E-state index in [0.29, 0.717) is 17.9 Å². The lowest BCUT2D eigenvalue weighted by molar-refractivity contribution is -0.383. The quantitative estimate of drug-likeness (QED) is 0.659. The molecule has 0 unspecified atom stereocenters. The van der Waals surface area contributed by atoms with E-state index < -0.39 is 10.3 Å². The van der Waals surface area contributed by atoms with Gasteiger partial charge in [0.15, 0.2) is 0 Å². The van der Waals surface area contributed by atoms with Crippen LogP contribution in [0.2, 0.25) is 5.02 Å². The number of amides is 1. The zero-order valence-corrected chi connectivity index (χ0v) is 11.7. The lowest BCUT2D eigenvalue weighted by Crippen LogP contribution is -2.40. The van der Waals surface area contributed by atoms with Crippen LogP contribution in [-0.4, -0.2) is 17.4 Å². The molecule has 1 aromatic carbocycles. The first-order valence-electron chi connectivity index (χ1n) is 6.44. The molecular weight excluding hydrogens is 282 g/mol. The van der Waals surface area contributed by atoms with Crippen molar-refractivity contribution < 1.29 is 9.72 Å². The number of nitrogens with two attached hydrogens (primary N) is 1. The molecule has 0 heterocycles. The second-order valence-corrected chi connectivity index (χ2v) is 5.50. The van der Waals surface area contributed by atoms with E-state index in [4.69, 9.17) is 17.3 Å². The Hall–Kier alpha value is -1.66. The summed E-state index contributed by atoms with van der Waals surface area (Å²) < 4.78 is 0. The average Bonchev–Trinajstić information content (AvgIpc) is 2.88. The molecule has 0 aliphatic heterocycles. The molecule has 1 aromatic rings. The predicted octanol–water partition coefficient (Wildman–Crippen LogP) is 2.71. The number of halogens is 1. The molecule has 7 heteroatoms. The maximum absolute atomic E-state index is 12.4. The Bertz CT molecular complexity index is 542. The van der Waals surface area contributed by atoms with Crippen molar-refractivity contribution >= 4 is 28.9 Å². The van der Waals surface area contributed by atoms with Crippen molar-refractivity contribution in [1.29, 1.82) is 0 Å². The molecule has 20 heavy (non-hydrogen) atoms. The summed E-state index contributed by atoms with van der Waals surface area (Å²) in [5.74, 6) is -0.261. The van der Waals surface area contributed by atoms with Crippen LogP contribution >= 0.6 is 11.6 Å². The van der Waals surface area contributed by atoms with Crippen molar-refractivity contribution in [2.24, 2.45) is 11.1 Å². The van der Waals surface area contributed by atoms with Crippen molar-refractivity contribution in [2.75, 3.05) is 11.9 Å². The number of nitrogens with one attached hydrogen (secondary N) is 1. The third-order valence-corrected chi connectivity index (χ3v) is 4.07. The number of carbonyl (C=O) groups excluding carboxylic acids is 1. The molecule has 0 aromatic heterocycles. The number of carbonyl (C=O) groups is 1. The van der Waals surface area contributed by atoms with E-state index in [-0.39, 0.29) is 23.8 Å². The van der Waals surface area contributed by atoms with Crippen LogP contribution in [0.1, 0.15) is 25.7 Å². The summed E-state index contributed by atoms with van der Waals surface area (Å²) in [6, 6.07) is 4.09. The molecule has 0 radical (unpaired) electrons. The Morgan fingerprint density at radius 3 is 2.65 bits per heavy atom.